The standard InChI is InChI=1S/C29H26N2O6S/c1-31-17-21(16-30-31)18-3-5-20(6-4-18)28-27(19-7-9-22(32)10-8-19)25-15-26(29(28)36-25)38(33,34)37-24-13-11-23(35-2)12-14-24/h3-14,16-17,25-26,29,32H,15H2,1-2H3/t25-,26?,29+/m1/s1. The molecule has 2 aliphatic rings. The number of phenolic OH excluding ortho intramolecular Hbond substituents is 1. The molecule has 2 aliphatic heterocycles. The van der Waals surface area contributed by atoms with Crippen molar-refractivity contribution in [2.45, 2.75) is 23.9 Å². The van der Waals surface area contributed by atoms with Gasteiger partial charge in [0.2, 0.25) is 0 Å². The molecular formula is C29H26N2O6S. The first-order valence-corrected chi connectivity index (χ1v) is 13.7. The van der Waals surface area contributed by atoms with E-state index in [-0.39, 0.29) is 17.9 Å². The van der Waals surface area contributed by atoms with Crippen molar-refractivity contribution in [3.63, 3.8) is 0 Å². The number of hydrogen-bond donors (Lipinski definition) is 1. The van der Waals surface area contributed by atoms with Gasteiger partial charge in [0.15, 0.2) is 0 Å². The number of aromatic hydroxyl groups is 1. The van der Waals surface area contributed by atoms with Crippen molar-refractivity contribution in [1.29, 1.82) is 0 Å². The van der Waals surface area contributed by atoms with Crippen LogP contribution in [0.4, 0.5) is 0 Å². The second-order valence-corrected chi connectivity index (χ2v) is 11.2. The zero-order valence-electron chi connectivity index (χ0n) is 20.8. The SMILES string of the molecule is COc1ccc(OS(=O)(=O)C2C[C@H]3O[C@@H]2C(c2ccc(-c4cnn(C)c4)cc2)=C3c2ccc(O)cc2)cc1. The monoisotopic (exact) mass is 530 g/mol. The summed E-state index contributed by atoms with van der Waals surface area (Å²) in [5.74, 6) is 0.990. The summed E-state index contributed by atoms with van der Waals surface area (Å²) in [6, 6.07) is 21.3. The van der Waals surface area contributed by atoms with Gasteiger partial charge in [0.25, 0.3) is 0 Å². The van der Waals surface area contributed by atoms with Crippen LogP contribution in [-0.2, 0) is 21.9 Å². The van der Waals surface area contributed by atoms with Crippen LogP contribution in [0.25, 0.3) is 22.3 Å². The molecule has 3 atom stereocenters. The van der Waals surface area contributed by atoms with Crippen LogP contribution in [0.1, 0.15) is 17.5 Å². The van der Waals surface area contributed by atoms with Crippen LogP contribution in [0.15, 0.2) is 85.2 Å². The highest BCUT2D eigenvalue weighted by Gasteiger charge is 2.53. The molecule has 3 aromatic carbocycles. The lowest BCUT2D eigenvalue weighted by atomic mass is 9.83. The fourth-order valence-electron chi connectivity index (χ4n) is 5.23. The fourth-order valence-corrected chi connectivity index (χ4v) is 6.65. The Morgan fingerprint density at radius 2 is 1.47 bits per heavy atom. The van der Waals surface area contributed by atoms with Gasteiger partial charge in [0.1, 0.15) is 28.6 Å². The topological polar surface area (TPSA) is 99.9 Å². The first-order valence-electron chi connectivity index (χ1n) is 12.2. The number of phenols is 1. The van der Waals surface area contributed by atoms with E-state index < -0.39 is 27.6 Å². The number of nitrogens with zero attached hydrogens (tertiary/aromatic N) is 2. The minimum atomic E-state index is -4.02. The molecule has 9 heteroatoms. The molecule has 1 fully saturated rings. The van der Waals surface area contributed by atoms with E-state index in [2.05, 4.69) is 5.10 Å². The summed E-state index contributed by atoms with van der Waals surface area (Å²) in [7, 11) is -0.604. The number of hydrogen-bond acceptors (Lipinski definition) is 7. The first-order chi connectivity index (χ1) is 18.3. The van der Waals surface area contributed by atoms with E-state index in [1.54, 1.807) is 54.4 Å². The van der Waals surface area contributed by atoms with E-state index in [1.807, 2.05) is 49.6 Å². The molecule has 1 N–H and O–H groups in total. The number of ether oxygens (including phenoxy) is 2. The number of benzene rings is 3. The molecule has 0 aliphatic carbocycles. The van der Waals surface area contributed by atoms with E-state index in [9.17, 15) is 13.5 Å². The number of methoxy groups -OCH3 is 1. The molecule has 2 bridgehead atoms. The molecule has 6 rings (SSSR count). The quantitative estimate of drug-likeness (QED) is 0.347. The highest BCUT2D eigenvalue weighted by molar-refractivity contribution is 7.87. The lowest BCUT2D eigenvalue weighted by Gasteiger charge is -2.25. The number of aryl methyl sites for hydroxylation is 1. The van der Waals surface area contributed by atoms with E-state index in [0.717, 1.165) is 33.4 Å². The Bertz CT molecular complexity index is 1610. The molecule has 194 valence electrons. The summed E-state index contributed by atoms with van der Waals surface area (Å²) in [5.41, 5.74) is 5.50. The van der Waals surface area contributed by atoms with E-state index in [0.29, 0.717) is 5.75 Å². The van der Waals surface area contributed by atoms with Crippen LogP contribution in [0.5, 0.6) is 17.2 Å². The van der Waals surface area contributed by atoms with Crippen LogP contribution < -0.4 is 8.92 Å². The highest BCUT2D eigenvalue weighted by atomic mass is 32.2. The van der Waals surface area contributed by atoms with E-state index in [1.165, 1.54) is 0 Å². The molecule has 0 amide bonds. The third-order valence-electron chi connectivity index (χ3n) is 7.05. The van der Waals surface area contributed by atoms with Gasteiger partial charge in [-0.05, 0) is 64.2 Å². The normalized spacial score (nSPS) is 20.6. The summed E-state index contributed by atoms with van der Waals surface area (Å²) in [6.45, 7) is 0. The number of fused-ring (bicyclic) bond motifs is 2. The van der Waals surface area contributed by atoms with Gasteiger partial charge in [-0.2, -0.15) is 13.5 Å². The average molecular weight is 531 g/mol. The predicted molar refractivity (Wildman–Crippen MR) is 143 cm³/mol. The van der Waals surface area contributed by atoms with Gasteiger partial charge < -0.3 is 18.8 Å². The first kappa shape index (κ1) is 24.3. The molecule has 3 heterocycles. The van der Waals surface area contributed by atoms with Gasteiger partial charge in [-0.15, -0.1) is 0 Å². The maximum absolute atomic E-state index is 13.5. The number of aromatic nitrogens is 2. The minimum Gasteiger partial charge on any atom is -0.508 e. The Kier molecular flexibility index (Phi) is 5.97. The lowest BCUT2D eigenvalue weighted by molar-refractivity contribution is 0.128. The smallest absolute Gasteiger partial charge is 0.315 e. The van der Waals surface area contributed by atoms with Crippen LogP contribution in [0.2, 0.25) is 0 Å². The minimum absolute atomic E-state index is 0.161. The Balaban J connectivity index is 1.38. The summed E-state index contributed by atoms with van der Waals surface area (Å²) >= 11 is 0. The lowest BCUT2D eigenvalue weighted by Crippen LogP contribution is -2.35. The van der Waals surface area contributed by atoms with E-state index >= 15 is 0 Å². The third kappa shape index (κ3) is 4.33. The van der Waals surface area contributed by atoms with Crippen LogP contribution in [-0.4, -0.2) is 47.9 Å². The van der Waals surface area contributed by atoms with Crippen LogP contribution in [0.3, 0.4) is 0 Å². The van der Waals surface area contributed by atoms with Gasteiger partial charge in [0, 0.05) is 25.2 Å². The highest BCUT2D eigenvalue weighted by Crippen LogP contribution is 2.51. The predicted octanol–water partition coefficient (Wildman–Crippen LogP) is 4.66. The second-order valence-electron chi connectivity index (χ2n) is 9.43. The van der Waals surface area contributed by atoms with Crippen molar-refractivity contribution in [2.24, 2.45) is 7.05 Å². The van der Waals surface area contributed by atoms with Crippen LogP contribution in [0, 0.1) is 0 Å². The summed E-state index contributed by atoms with van der Waals surface area (Å²) in [5, 5.41) is 13.2. The van der Waals surface area contributed by atoms with Gasteiger partial charge in [-0.3, -0.25) is 4.68 Å². The van der Waals surface area contributed by atoms with Crippen molar-refractivity contribution >= 4 is 21.3 Å². The Labute approximate surface area is 220 Å². The maximum atomic E-state index is 13.5. The van der Waals surface area contributed by atoms with Crippen molar-refractivity contribution in [1.82, 2.24) is 9.78 Å². The van der Waals surface area contributed by atoms with Gasteiger partial charge in [-0.25, -0.2) is 0 Å². The van der Waals surface area contributed by atoms with Crippen molar-refractivity contribution in [3.05, 3.63) is 96.3 Å². The van der Waals surface area contributed by atoms with Crippen molar-refractivity contribution in [3.8, 4) is 28.4 Å². The van der Waals surface area contributed by atoms with Gasteiger partial charge in [0.05, 0.1) is 19.4 Å². The molecular weight excluding hydrogens is 504 g/mol. The molecule has 4 aromatic rings. The molecule has 1 aromatic heterocycles. The molecule has 0 saturated carbocycles. The molecule has 1 unspecified atom stereocenters. The molecule has 0 radical (unpaired) electrons. The van der Waals surface area contributed by atoms with Crippen LogP contribution >= 0.6 is 0 Å². The van der Waals surface area contributed by atoms with Crippen molar-refractivity contribution in [2.75, 3.05) is 7.11 Å². The zero-order valence-corrected chi connectivity index (χ0v) is 21.6. The summed E-state index contributed by atoms with van der Waals surface area (Å²) in [6.07, 6.45) is 2.90. The zero-order chi connectivity index (χ0) is 26.4. The van der Waals surface area contributed by atoms with Gasteiger partial charge in [-0.1, -0.05) is 36.4 Å². The fraction of sp³-hybridized carbons (Fsp3) is 0.207. The molecule has 38 heavy (non-hydrogen) atoms. The average Bonchev–Trinajstić information content (AvgIpc) is 3.65. The summed E-state index contributed by atoms with van der Waals surface area (Å²) < 4.78 is 45.6. The van der Waals surface area contributed by atoms with Crippen molar-refractivity contribution < 1.29 is 27.2 Å². The molecule has 8 nitrogen and oxygen atoms in total. The maximum Gasteiger partial charge on any atom is 0.315 e. The number of rotatable bonds is 7. The third-order valence-corrected chi connectivity index (χ3v) is 8.65. The Morgan fingerprint density at radius 3 is 2.11 bits per heavy atom. The summed E-state index contributed by atoms with van der Waals surface area (Å²) in [4.78, 5) is 0. The second kappa shape index (κ2) is 9.34. The molecule has 1 saturated heterocycles. The van der Waals surface area contributed by atoms with Gasteiger partial charge >= 0.3 is 10.1 Å². The largest absolute Gasteiger partial charge is 0.508 e. The molecule has 0 spiro atoms. The Hall–Kier alpha value is -4.08. The van der Waals surface area contributed by atoms with E-state index in [4.69, 9.17) is 13.7 Å². The Morgan fingerprint density at radius 1 is 0.868 bits per heavy atom.